The lowest BCUT2D eigenvalue weighted by Gasteiger charge is -2.15. The van der Waals surface area contributed by atoms with Gasteiger partial charge >= 0.3 is 0 Å². The third-order valence-corrected chi connectivity index (χ3v) is 5.66. The van der Waals surface area contributed by atoms with Gasteiger partial charge in [-0.15, -0.1) is 10.2 Å². The lowest BCUT2D eigenvalue weighted by Crippen LogP contribution is -2.23. The van der Waals surface area contributed by atoms with Crippen molar-refractivity contribution in [3.05, 3.63) is 66.2 Å². The van der Waals surface area contributed by atoms with E-state index < -0.39 is 11.1 Å². The Morgan fingerprint density at radius 3 is 2.61 bits per heavy atom. The van der Waals surface area contributed by atoms with Gasteiger partial charge in [-0.05, 0) is 49.6 Å². The Kier molecular flexibility index (Phi) is 8.06. The van der Waals surface area contributed by atoms with Crippen LogP contribution in [0.5, 0.6) is 5.75 Å². The van der Waals surface area contributed by atoms with Crippen LogP contribution >= 0.6 is 11.8 Å². The number of nitrogens with zero attached hydrogens (tertiary/aromatic N) is 3. The smallest absolute Gasteiger partial charge is 0.237 e. The lowest BCUT2D eigenvalue weighted by molar-refractivity contribution is -0.115. The van der Waals surface area contributed by atoms with E-state index in [1.807, 2.05) is 34.9 Å². The summed E-state index contributed by atoms with van der Waals surface area (Å²) in [5, 5.41) is 11.6. The van der Waals surface area contributed by atoms with Crippen LogP contribution in [0.3, 0.4) is 0 Å². The van der Waals surface area contributed by atoms with Gasteiger partial charge in [0.2, 0.25) is 5.91 Å². The summed E-state index contributed by atoms with van der Waals surface area (Å²) in [6, 6.07) is 15.4. The molecule has 3 aromatic rings. The maximum atomic E-state index is 13.4. The molecule has 1 atom stereocenters. The molecular formula is C23H27FN4O2S. The highest BCUT2D eigenvalue weighted by molar-refractivity contribution is 8.00. The Bertz CT molecular complexity index is 994. The van der Waals surface area contributed by atoms with Crippen molar-refractivity contribution in [3.8, 4) is 5.75 Å². The predicted octanol–water partition coefficient (Wildman–Crippen LogP) is 5.16. The monoisotopic (exact) mass is 442 g/mol. The Morgan fingerprint density at radius 1 is 1.13 bits per heavy atom. The van der Waals surface area contributed by atoms with Crippen molar-refractivity contribution in [1.29, 1.82) is 0 Å². The minimum atomic E-state index is -0.437. The summed E-state index contributed by atoms with van der Waals surface area (Å²) >= 11 is 1.32. The number of anilines is 1. The number of carbonyl (C=O) groups is 1. The van der Waals surface area contributed by atoms with Gasteiger partial charge in [0.15, 0.2) is 11.0 Å². The molecule has 0 aliphatic heterocycles. The summed E-state index contributed by atoms with van der Waals surface area (Å²) in [6.45, 7) is 7.14. The molecule has 1 unspecified atom stereocenters. The van der Waals surface area contributed by atoms with Gasteiger partial charge in [-0.2, -0.15) is 0 Å². The Labute approximate surface area is 186 Å². The van der Waals surface area contributed by atoms with Gasteiger partial charge in [0.25, 0.3) is 0 Å². The molecule has 0 aliphatic carbocycles. The van der Waals surface area contributed by atoms with E-state index in [2.05, 4.69) is 29.4 Å². The quantitative estimate of drug-likeness (QED) is 0.439. The second-order valence-electron chi connectivity index (χ2n) is 7.59. The fourth-order valence-electron chi connectivity index (χ4n) is 2.81. The number of benzene rings is 2. The third kappa shape index (κ3) is 6.82. The molecule has 0 aliphatic rings. The van der Waals surface area contributed by atoms with Crippen molar-refractivity contribution in [3.63, 3.8) is 0 Å². The van der Waals surface area contributed by atoms with Crippen molar-refractivity contribution in [2.45, 2.75) is 50.8 Å². The number of hydrogen-bond acceptors (Lipinski definition) is 5. The molecular weight excluding hydrogens is 415 g/mol. The zero-order valence-corrected chi connectivity index (χ0v) is 18.7. The molecule has 3 rings (SSSR count). The molecule has 1 amide bonds. The molecule has 6 nitrogen and oxygen atoms in total. The van der Waals surface area contributed by atoms with E-state index in [1.165, 1.54) is 23.9 Å². The van der Waals surface area contributed by atoms with Gasteiger partial charge in [0.1, 0.15) is 18.2 Å². The molecule has 1 aromatic heterocycles. The summed E-state index contributed by atoms with van der Waals surface area (Å²) in [5.74, 6) is 1.37. The highest BCUT2D eigenvalue weighted by Gasteiger charge is 2.21. The lowest BCUT2D eigenvalue weighted by atomic mass is 10.1. The standard InChI is InChI=1S/C23H27FN4O2S/c1-16(2)12-13-28-21(15-30-20-10-5-4-6-11-20)26-27-23(28)31-17(3)22(29)25-19-9-7-8-18(24)14-19/h4-11,14,16-17H,12-13,15H2,1-3H3,(H,25,29). The molecule has 2 aromatic carbocycles. The number of rotatable bonds is 10. The molecule has 0 bridgehead atoms. The number of hydrogen-bond donors (Lipinski definition) is 1. The number of nitrogens with one attached hydrogen (secondary N) is 1. The first-order valence-corrected chi connectivity index (χ1v) is 11.1. The molecule has 0 saturated heterocycles. The van der Waals surface area contributed by atoms with E-state index in [1.54, 1.807) is 19.1 Å². The van der Waals surface area contributed by atoms with Crippen LogP contribution in [-0.2, 0) is 17.9 Å². The van der Waals surface area contributed by atoms with Crippen LogP contribution in [0.4, 0.5) is 10.1 Å². The SMILES string of the molecule is CC(C)CCn1c(COc2ccccc2)nnc1SC(C)C(=O)Nc1cccc(F)c1. The van der Waals surface area contributed by atoms with E-state index in [4.69, 9.17) is 4.74 Å². The maximum Gasteiger partial charge on any atom is 0.237 e. The van der Waals surface area contributed by atoms with Gasteiger partial charge in [-0.3, -0.25) is 4.79 Å². The van der Waals surface area contributed by atoms with E-state index in [0.29, 0.717) is 29.2 Å². The number of carbonyl (C=O) groups excluding carboxylic acids is 1. The Hall–Kier alpha value is -2.87. The first-order chi connectivity index (χ1) is 14.9. The highest BCUT2D eigenvalue weighted by atomic mass is 32.2. The molecule has 8 heteroatoms. The number of amides is 1. The molecule has 0 spiro atoms. The first-order valence-electron chi connectivity index (χ1n) is 10.3. The molecule has 0 fully saturated rings. The number of para-hydroxylation sites is 1. The van der Waals surface area contributed by atoms with Crippen LogP contribution in [0, 0.1) is 11.7 Å². The van der Waals surface area contributed by atoms with Gasteiger partial charge in [0.05, 0.1) is 5.25 Å². The average molecular weight is 443 g/mol. The van der Waals surface area contributed by atoms with E-state index in [-0.39, 0.29) is 5.91 Å². The number of thioether (sulfide) groups is 1. The summed E-state index contributed by atoms with van der Waals surface area (Å²) in [6.07, 6.45) is 0.952. The van der Waals surface area contributed by atoms with Crippen molar-refractivity contribution >= 4 is 23.4 Å². The summed E-state index contributed by atoms with van der Waals surface area (Å²) in [5.41, 5.74) is 0.427. The van der Waals surface area contributed by atoms with Gasteiger partial charge in [-0.25, -0.2) is 4.39 Å². The average Bonchev–Trinajstić information content (AvgIpc) is 3.12. The largest absolute Gasteiger partial charge is 0.486 e. The summed E-state index contributed by atoms with van der Waals surface area (Å²) in [7, 11) is 0. The van der Waals surface area contributed by atoms with Gasteiger partial charge < -0.3 is 14.6 Å². The molecule has 1 N–H and O–H groups in total. The van der Waals surface area contributed by atoms with Crippen molar-refractivity contribution in [2.24, 2.45) is 5.92 Å². The molecule has 164 valence electrons. The maximum absolute atomic E-state index is 13.4. The summed E-state index contributed by atoms with van der Waals surface area (Å²) in [4.78, 5) is 12.6. The molecule has 31 heavy (non-hydrogen) atoms. The third-order valence-electron chi connectivity index (χ3n) is 4.58. The number of halogens is 1. The topological polar surface area (TPSA) is 69.0 Å². The second-order valence-corrected chi connectivity index (χ2v) is 8.90. The van der Waals surface area contributed by atoms with E-state index in [9.17, 15) is 9.18 Å². The van der Waals surface area contributed by atoms with Crippen LogP contribution in [0.25, 0.3) is 0 Å². The summed E-state index contributed by atoms with van der Waals surface area (Å²) < 4.78 is 21.2. The van der Waals surface area contributed by atoms with Crippen LogP contribution in [-0.4, -0.2) is 25.9 Å². The van der Waals surface area contributed by atoms with Crippen molar-refractivity contribution < 1.29 is 13.9 Å². The Morgan fingerprint density at radius 2 is 1.90 bits per heavy atom. The highest BCUT2D eigenvalue weighted by Crippen LogP contribution is 2.25. The normalized spacial score (nSPS) is 12.0. The van der Waals surface area contributed by atoms with Crippen LogP contribution in [0.2, 0.25) is 0 Å². The first kappa shape index (κ1) is 22.8. The minimum Gasteiger partial charge on any atom is -0.486 e. The number of ether oxygens (including phenoxy) is 1. The van der Waals surface area contributed by atoms with Crippen molar-refractivity contribution in [1.82, 2.24) is 14.8 Å². The Balaban J connectivity index is 1.69. The van der Waals surface area contributed by atoms with Gasteiger partial charge in [0, 0.05) is 12.2 Å². The zero-order valence-electron chi connectivity index (χ0n) is 17.9. The fraction of sp³-hybridized carbons (Fsp3) is 0.348. The zero-order chi connectivity index (χ0) is 22.2. The molecule has 1 heterocycles. The van der Waals surface area contributed by atoms with E-state index in [0.717, 1.165) is 18.7 Å². The van der Waals surface area contributed by atoms with Crippen LogP contribution in [0.15, 0.2) is 59.8 Å². The molecule has 0 saturated carbocycles. The van der Waals surface area contributed by atoms with Crippen molar-refractivity contribution in [2.75, 3.05) is 5.32 Å². The van der Waals surface area contributed by atoms with Gasteiger partial charge in [-0.1, -0.05) is 49.9 Å². The number of aromatic nitrogens is 3. The predicted molar refractivity (Wildman–Crippen MR) is 121 cm³/mol. The van der Waals surface area contributed by atoms with Crippen LogP contribution < -0.4 is 10.1 Å². The minimum absolute atomic E-state index is 0.226. The van der Waals surface area contributed by atoms with Crippen LogP contribution in [0.1, 0.15) is 33.0 Å². The van der Waals surface area contributed by atoms with E-state index >= 15 is 0 Å². The molecule has 0 radical (unpaired) electrons. The second kappa shape index (κ2) is 10.9. The fourth-order valence-corrected chi connectivity index (χ4v) is 3.71.